The Kier molecular flexibility index (Phi) is 3.98. The Hall–Kier alpha value is -1.31. The molecule has 0 unspecified atom stereocenters. The molecule has 1 amide bonds. The van der Waals surface area contributed by atoms with Gasteiger partial charge in [0.15, 0.2) is 0 Å². The molecule has 1 aromatic rings. The van der Waals surface area contributed by atoms with Gasteiger partial charge in [0.1, 0.15) is 0 Å². The van der Waals surface area contributed by atoms with Gasteiger partial charge in [-0.2, -0.15) is 0 Å². The highest BCUT2D eigenvalue weighted by atomic mass is 16.2. The molecule has 0 aliphatic carbocycles. The maximum absolute atomic E-state index is 11.4. The van der Waals surface area contributed by atoms with Crippen LogP contribution in [0, 0.1) is 5.92 Å². The third kappa shape index (κ3) is 3.59. The molecule has 1 saturated heterocycles. The van der Waals surface area contributed by atoms with Crippen molar-refractivity contribution in [2.45, 2.75) is 46.0 Å². The van der Waals surface area contributed by atoms with E-state index in [1.807, 2.05) is 4.90 Å². The summed E-state index contributed by atoms with van der Waals surface area (Å²) in [6, 6.07) is 8.91. The molecule has 1 aromatic carbocycles. The molecule has 0 aromatic heterocycles. The fourth-order valence-electron chi connectivity index (χ4n) is 2.78. The predicted octanol–water partition coefficient (Wildman–Crippen LogP) is 3.40. The van der Waals surface area contributed by atoms with Crippen molar-refractivity contribution in [1.82, 2.24) is 4.90 Å². The molecule has 0 saturated carbocycles. The first-order valence-electron chi connectivity index (χ1n) is 7.21. The SMILES string of the molecule is CC(=O)N1CC[C@H](Cc2cccc(C(C)(C)C)c2)C1. The zero-order valence-electron chi connectivity index (χ0n) is 12.6. The average Bonchev–Trinajstić information content (AvgIpc) is 2.77. The topological polar surface area (TPSA) is 20.3 Å². The highest BCUT2D eigenvalue weighted by Gasteiger charge is 2.24. The molecule has 1 atom stereocenters. The van der Waals surface area contributed by atoms with Gasteiger partial charge in [-0.3, -0.25) is 4.79 Å². The standard InChI is InChI=1S/C17H25NO/c1-13(19)18-9-8-15(12-18)10-14-6-5-7-16(11-14)17(2,3)4/h5-7,11,15H,8-10,12H2,1-4H3/t15-/m1/s1. The quantitative estimate of drug-likeness (QED) is 0.797. The monoisotopic (exact) mass is 259 g/mol. The molecule has 104 valence electrons. The maximum Gasteiger partial charge on any atom is 0.219 e. The van der Waals surface area contributed by atoms with Gasteiger partial charge >= 0.3 is 0 Å². The van der Waals surface area contributed by atoms with E-state index in [2.05, 4.69) is 45.0 Å². The van der Waals surface area contributed by atoms with Gasteiger partial charge in [0.2, 0.25) is 5.91 Å². The molecule has 19 heavy (non-hydrogen) atoms. The van der Waals surface area contributed by atoms with Crippen LogP contribution in [0.1, 0.15) is 45.2 Å². The number of hydrogen-bond donors (Lipinski definition) is 0. The lowest BCUT2D eigenvalue weighted by Crippen LogP contribution is -2.26. The van der Waals surface area contributed by atoms with E-state index < -0.39 is 0 Å². The summed E-state index contributed by atoms with van der Waals surface area (Å²) >= 11 is 0. The molecule has 1 aliphatic heterocycles. The second-order valence-electron chi connectivity index (χ2n) is 6.77. The fraction of sp³-hybridized carbons (Fsp3) is 0.588. The zero-order valence-corrected chi connectivity index (χ0v) is 12.6. The highest BCUT2D eigenvalue weighted by Crippen LogP contribution is 2.26. The Morgan fingerprint density at radius 3 is 2.68 bits per heavy atom. The Morgan fingerprint density at radius 2 is 2.11 bits per heavy atom. The summed E-state index contributed by atoms with van der Waals surface area (Å²) in [5.41, 5.74) is 3.01. The van der Waals surface area contributed by atoms with Crippen LogP contribution in [0.25, 0.3) is 0 Å². The summed E-state index contributed by atoms with van der Waals surface area (Å²) in [5, 5.41) is 0. The molecule has 2 heteroatoms. The van der Waals surface area contributed by atoms with Crippen molar-refractivity contribution in [2.75, 3.05) is 13.1 Å². The smallest absolute Gasteiger partial charge is 0.219 e. The number of carbonyl (C=O) groups is 1. The summed E-state index contributed by atoms with van der Waals surface area (Å²) in [6.45, 7) is 10.3. The molecule has 0 N–H and O–H groups in total. The fourth-order valence-corrected chi connectivity index (χ4v) is 2.78. The van der Waals surface area contributed by atoms with Crippen molar-refractivity contribution in [1.29, 1.82) is 0 Å². The average molecular weight is 259 g/mol. The first-order chi connectivity index (χ1) is 8.86. The summed E-state index contributed by atoms with van der Waals surface area (Å²) < 4.78 is 0. The Balaban J connectivity index is 2.03. The van der Waals surface area contributed by atoms with E-state index in [-0.39, 0.29) is 11.3 Å². The van der Waals surface area contributed by atoms with E-state index in [4.69, 9.17) is 0 Å². The summed E-state index contributed by atoms with van der Waals surface area (Å²) in [7, 11) is 0. The number of nitrogens with zero attached hydrogens (tertiary/aromatic N) is 1. The van der Waals surface area contributed by atoms with Crippen LogP contribution in [0.3, 0.4) is 0 Å². The Morgan fingerprint density at radius 1 is 1.37 bits per heavy atom. The minimum atomic E-state index is 0.205. The number of amides is 1. The number of hydrogen-bond acceptors (Lipinski definition) is 1. The van der Waals surface area contributed by atoms with Crippen LogP contribution in [0.15, 0.2) is 24.3 Å². The largest absolute Gasteiger partial charge is 0.343 e. The minimum absolute atomic E-state index is 0.205. The number of rotatable bonds is 2. The van der Waals surface area contributed by atoms with Gasteiger partial charge < -0.3 is 4.90 Å². The molecular formula is C17H25NO. The van der Waals surface area contributed by atoms with Crippen LogP contribution in [0.4, 0.5) is 0 Å². The van der Waals surface area contributed by atoms with Gasteiger partial charge in [0, 0.05) is 20.0 Å². The first-order valence-corrected chi connectivity index (χ1v) is 7.21. The van der Waals surface area contributed by atoms with E-state index >= 15 is 0 Å². The second kappa shape index (κ2) is 5.36. The summed E-state index contributed by atoms with van der Waals surface area (Å²) in [5.74, 6) is 0.838. The van der Waals surface area contributed by atoms with E-state index in [1.54, 1.807) is 6.92 Å². The molecule has 2 nitrogen and oxygen atoms in total. The van der Waals surface area contributed by atoms with Gasteiger partial charge in [0.05, 0.1) is 0 Å². The molecule has 1 fully saturated rings. The van der Waals surface area contributed by atoms with Crippen LogP contribution >= 0.6 is 0 Å². The molecule has 0 spiro atoms. The molecule has 1 heterocycles. The van der Waals surface area contributed by atoms with Gasteiger partial charge in [0.25, 0.3) is 0 Å². The lowest BCUT2D eigenvalue weighted by atomic mass is 9.85. The third-order valence-electron chi connectivity index (χ3n) is 4.05. The number of benzene rings is 1. The highest BCUT2D eigenvalue weighted by molar-refractivity contribution is 5.73. The Labute approximate surface area is 116 Å². The molecular weight excluding hydrogens is 234 g/mol. The molecule has 1 aliphatic rings. The van der Waals surface area contributed by atoms with Crippen molar-refractivity contribution in [2.24, 2.45) is 5.92 Å². The summed E-state index contributed by atoms with van der Waals surface area (Å²) in [4.78, 5) is 13.3. The van der Waals surface area contributed by atoms with Crippen LogP contribution in [-0.4, -0.2) is 23.9 Å². The van der Waals surface area contributed by atoms with Crippen LogP contribution in [-0.2, 0) is 16.6 Å². The maximum atomic E-state index is 11.4. The lowest BCUT2D eigenvalue weighted by Gasteiger charge is -2.20. The predicted molar refractivity (Wildman–Crippen MR) is 79.2 cm³/mol. The normalized spacial score (nSPS) is 19.8. The van der Waals surface area contributed by atoms with E-state index in [0.29, 0.717) is 5.92 Å². The van der Waals surface area contributed by atoms with Gasteiger partial charge in [-0.25, -0.2) is 0 Å². The van der Waals surface area contributed by atoms with E-state index in [9.17, 15) is 4.79 Å². The minimum Gasteiger partial charge on any atom is -0.343 e. The van der Waals surface area contributed by atoms with E-state index in [1.165, 1.54) is 11.1 Å². The summed E-state index contributed by atoms with van der Waals surface area (Å²) in [6.07, 6.45) is 2.23. The van der Waals surface area contributed by atoms with Crippen molar-refractivity contribution < 1.29 is 4.79 Å². The molecule has 0 radical (unpaired) electrons. The van der Waals surface area contributed by atoms with Crippen molar-refractivity contribution in [3.8, 4) is 0 Å². The second-order valence-corrected chi connectivity index (χ2v) is 6.77. The number of likely N-dealkylation sites (tertiary alicyclic amines) is 1. The Bertz CT molecular complexity index is 459. The van der Waals surface area contributed by atoms with Crippen LogP contribution < -0.4 is 0 Å². The van der Waals surface area contributed by atoms with Crippen LogP contribution in [0.5, 0.6) is 0 Å². The van der Waals surface area contributed by atoms with Crippen molar-refractivity contribution in [3.63, 3.8) is 0 Å². The first kappa shape index (κ1) is 14.1. The van der Waals surface area contributed by atoms with Gasteiger partial charge in [-0.1, -0.05) is 45.0 Å². The van der Waals surface area contributed by atoms with Crippen molar-refractivity contribution >= 4 is 5.91 Å². The van der Waals surface area contributed by atoms with Crippen molar-refractivity contribution in [3.05, 3.63) is 35.4 Å². The van der Waals surface area contributed by atoms with E-state index in [0.717, 1.165) is 25.9 Å². The third-order valence-corrected chi connectivity index (χ3v) is 4.05. The van der Waals surface area contributed by atoms with Crippen LogP contribution in [0.2, 0.25) is 0 Å². The van der Waals surface area contributed by atoms with Gasteiger partial charge in [-0.05, 0) is 35.3 Å². The zero-order chi connectivity index (χ0) is 14.0. The number of carbonyl (C=O) groups excluding carboxylic acids is 1. The molecule has 0 bridgehead atoms. The van der Waals surface area contributed by atoms with Gasteiger partial charge in [-0.15, -0.1) is 0 Å². The lowest BCUT2D eigenvalue weighted by molar-refractivity contribution is -0.127. The molecule has 2 rings (SSSR count).